The van der Waals surface area contributed by atoms with Crippen molar-refractivity contribution in [3.05, 3.63) is 11.6 Å². The molecular formula is C20H30OS. The fourth-order valence-corrected chi connectivity index (χ4v) is 8.79. The van der Waals surface area contributed by atoms with Gasteiger partial charge in [-0.15, -0.1) is 0 Å². The van der Waals surface area contributed by atoms with E-state index in [0.717, 1.165) is 30.6 Å². The van der Waals surface area contributed by atoms with Crippen LogP contribution in [0.5, 0.6) is 0 Å². The number of hydrogen-bond acceptors (Lipinski definition) is 2. The van der Waals surface area contributed by atoms with Gasteiger partial charge in [0.25, 0.3) is 0 Å². The molecule has 1 saturated heterocycles. The summed E-state index contributed by atoms with van der Waals surface area (Å²) in [6.45, 7) is 5.19. The van der Waals surface area contributed by atoms with E-state index in [9.17, 15) is 5.11 Å². The number of rotatable bonds is 0. The van der Waals surface area contributed by atoms with Crippen molar-refractivity contribution in [3.8, 4) is 0 Å². The molecule has 0 aromatic rings. The molecule has 1 aliphatic heterocycles. The molecule has 1 spiro atoms. The molecule has 3 saturated carbocycles. The van der Waals surface area contributed by atoms with Gasteiger partial charge in [0, 0.05) is 10.5 Å². The number of hydrogen-bond donors (Lipinski definition) is 1. The average Bonchev–Trinajstić information content (AvgIpc) is 3.22. The first-order valence-electron chi connectivity index (χ1n) is 9.50. The highest BCUT2D eigenvalue weighted by atomic mass is 32.2. The number of aliphatic hydroxyl groups excluding tert-OH is 1. The molecule has 5 aliphatic rings. The second kappa shape index (κ2) is 4.36. The Kier molecular flexibility index (Phi) is 2.85. The van der Waals surface area contributed by atoms with E-state index in [4.69, 9.17) is 0 Å². The first kappa shape index (κ1) is 14.4. The molecule has 7 atom stereocenters. The van der Waals surface area contributed by atoms with Crippen LogP contribution in [0.4, 0.5) is 0 Å². The van der Waals surface area contributed by atoms with Gasteiger partial charge in [0.1, 0.15) is 0 Å². The van der Waals surface area contributed by atoms with Gasteiger partial charge in [-0.1, -0.05) is 25.5 Å². The van der Waals surface area contributed by atoms with Crippen LogP contribution in [0.15, 0.2) is 11.6 Å². The molecule has 1 nitrogen and oxygen atoms in total. The normalized spacial score (nSPS) is 59.5. The lowest BCUT2D eigenvalue weighted by atomic mass is 9.47. The van der Waals surface area contributed by atoms with Crippen LogP contribution in [-0.2, 0) is 0 Å². The highest BCUT2D eigenvalue weighted by Crippen LogP contribution is 2.74. The van der Waals surface area contributed by atoms with Crippen LogP contribution in [0.2, 0.25) is 0 Å². The molecule has 5 rings (SSSR count). The van der Waals surface area contributed by atoms with E-state index in [-0.39, 0.29) is 6.10 Å². The first-order valence-corrected chi connectivity index (χ1v) is 10.5. The summed E-state index contributed by atoms with van der Waals surface area (Å²) in [5.74, 6) is 4.25. The summed E-state index contributed by atoms with van der Waals surface area (Å²) in [5, 5.41) is 10.1. The van der Waals surface area contributed by atoms with E-state index in [1.54, 1.807) is 5.57 Å². The Morgan fingerprint density at radius 1 is 1.09 bits per heavy atom. The summed E-state index contributed by atoms with van der Waals surface area (Å²) in [6, 6.07) is 0. The third-order valence-electron chi connectivity index (χ3n) is 8.86. The van der Waals surface area contributed by atoms with Crippen LogP contribution in [0.3, 0.4) is 0 Å². The van der Waals surface area contributed by atoms with Gasteiger partial charge in [-0.3, -0.25) is 0 Å². The van der Waals surface area contributed by atoms with Crippen molar-refractivity contribution in [2.75, 3.05) is 5.75 Å². The zero-order chi connectivity index (χ0) is 15.2. The zero-order valence-corrected chi connectivity index (χ0v) is 14.9. The van der Waals surface area contributed by atoms with Crippen molar-refractivity contribution in [1.82, 2.24) is 0 Å². The Labute approximate surface area is 139 Å². The Bertz CT molecular complexity index is 536. The van der Waals surface area contributed by atoms with Crippen molar-refractivity contribution < 1.29 is 5.11 Å². The fourth-order valence-electron chi connectivity index (χ4n) is 7.30. The monoisotopic (exact) mass is 318 g/mol. The van der Waals surface area contributed by atoms with Crippen LogP contribution in [-0.4, -0.2) is 21.7 Å². The van der Waals surface area contributed by atoms with Crippen LogP contribution in [0.25, 0.3) is 0 Å². The summed E-state index contributed by atoms with van der Waals surface area (Å²) in [7, 11) is 0. The molecule has 2 heteroatoms. The standard InChI is InChI=1S/C20H30OS/c1-18-8-5-14(21)11-13(18)3-4-15-16(18)6-9-19(2)17(15)7-10-20(19)12-22-20/h3,14-17,21H,4-12H2,1-2H3. The van der Waals surface area contributed by atoms with Crippen molar-refractivity contribution >= 4 is 11.8 Å². The van der Waals surface area contributed by atoms with E-state index in [0.29, 0.717) is 15.6 Å². The minimum absolute atomic E-state index is 0.0673. The molecule has 122 valence electrons. The summed E-state index contributed by atoms with van der Waals surface area (Å²) in [5.41, 5.74) is 2.66. The molecule has 7 unspecified atom stereocenters. The molecule has 1 heterocycles. The third-order valence-corrected chi connectivity index (χ3v) is 10.5. The van der Waals surface area contributed by atoms with Gasteiger partial charge >= 0.3 is 0 Å². The molecule has 4 fully saturated rings. The number of allylic oxidation sites excluding steroid dienone is 1. The van der Waals surface area contributed by atoms with Gasteiger partial charge in [0.15, 0.2) is 0 Å². The van der Waals surface area contributed by atoms with Crippen molar-refractivity contribution in [2.45, 2.75) is 76.1 Å². The maximum Gasteiger partial charge on any atom is 0.0577 e. The summed E-state index contributed by atoms with van der Waals surface area (Å²) in [4.78, 5) is 0. The predicted octanol–water partition coefficient (Wildman–Crippen LogP) is 4.80. The maximum absolute atomic E-state index is 10.1. The van der Waals surface area contributed by atoms with Gasteiger partial charge in [0.2, 0.25) is 0 Å². The van der Waals surface area contributed by atoms with Crippen LogP contribution in [0.1, 0.15) is 65.2 Å². The van der Waals surface area contributed by atoms with Crippen molar-refractivity contribution in [3.63, 3.8) is 0 Å². The van der Waals surface area contributed by atoms with E-state index >= 15 is 0 Å². The third kappa shape index (κ3) is 1.62. The molecule has 22 heavy (non-hydrogen) atoms. The van der Waals surface area contributed by atoms with Gasteiger partial charge in [-0.05, 0) is 80.0 Å². The molecule has 0 bridgehead atoms. The summed E-state index contributed by atoms with van der Waals surface area (Å²) in [6.07, 6.45) is 12.9. The average molecular weight is 319 g/mol. The quantitative estimate of drug-likeness (QED) is 0.511. The van der Waals surface area contributed by atoms with Gasteiger partial charge in [-0.25, -0.2) is 0 Å². The lowest BCUT2D eigenvalue weighted by molar-refractivity contribution is -0.0397. The van der Waals surface area contributed by atoms with Gasteiger partial charge in [0.05, 0.1) is 6.10 Å². The minimum Gasteiger partial charge on any atom is -0.393 e. The topological polar surface area (TPSA) is 20.2 Å². The fraction of sp³-hybridized carbons (Fsp3) is 0.900. The van der Waals surface area contributed by atoms with E-state index in [1.165, 1.54) is 44.3 Å². The Balaban J connectivity index is 1.51. The number of thioether (sulfide) groups is 1. The van der Waals surface area contributed by atoms with Crippen LogP contribution >= 0.6 is 11.8 Å². The Morgan fingerprint density at radius 3 is 2.64 bits per heavy atom. The van der Waals surface area contributed by atoms with Crippen molar-refractivity contribution in [2.24, 2.45) is 28.6 Å². The molecule has 0 radical (unpaired) electrons. The second-order valence-electron chi connectivity index (χ2n) is 9.43. The number of fused-ring (bicyclic) bond motifs is 6. The summed E-state index contributed by atoms with van der Waals surface area (Å²) < 4.78 is 0.691. The lowest BCUT2D eigenvalue weighted by Crippen LogP contribution is -2.51. The molecule has 0 amide bonds. The molecular weight excluding hydrogens is 288 g/mol. The SMILES string of the molecule is CC12CCC(O)CC1=CCC1C2CCC2(C)C1CCC21CS1. The van der Waals surface area contributed by atoms with Gasteiger partial charge < -0.3 is 5.11 Å². The smallest absolute Gasteiger partial charge is 0.0577 e. The number of aliphatic hydroxyl groups is 1. The highest BCUT2D eigenvalue weighted by Gasteiger charge is 2.68. The zero-order valence-electron chi connectivity index (χ0n) is 14.1. The minimum atomic E-state index is -0.0673. The highest BCUT2D eigenvalue weighted by molar-refractivity contribution is 8.08. The Hall–Kier alpha value is 0.0500. The predicted molar refractivity (Wildman–Crippen MR) is 92.9 cm³/mol. The van der Waals surface area contributed by atoms with Crippen LogP contribution < -0.4 is 0 Å². The first-order chi connectivity index (χ1) is 10.5. The van der Waals surface area contributed by atoms with E-state index < -0.39 is 0 Å². The Morgan fingerprint density at radius 2 is 1.86 bits per heavy atom. The molecule has 1 N–H and O–H groups in total. The molecule has 0 aromatic carbocycles. The maximum atomic E-state index is 10.1. The molecule has 0 aromatic heterocycles. The largest absolute Gasteiger partial charge is 0.393 e. The lowest BCUT2D eigenvalue weighted by Gasteiger charge is -2.58. The van der Waals surface area contributed by atoms with E-state index in [2.05, 4.69) is 31.7 Å². The summed E-state index contributed by atoms with van der Waals surface area (Å²) >= 11 is 2.28. The van der Waals surface area contributed by atoms with E-state index in [1.807, 2.05) is 0 Å². The van der Waals surface area contributed by atoms with Crippen LogP contribution in [0, 0.1) is 28.6 Å². The van der Waals surface area contributed by atoms with Gasteiger partial charge in [-0.2, -0.15) is 11.8 Å². The molecule has 4 aliphatic carbocycles. The van der Waals surface area contributed by atoms with Crippen molar-refractivity contribution in [1.29, 1.82) is 0 Å². The second-order valence-corrected chi connectivity index (χ2v) is 10.8.